The smallest absolute Gasteiger partial charge is 0.319 e. The molecule has 2 amide bonds. The molecule has 7 heteroatoms. The maximum absolute atomic E-state index is 13.5. The summed E-state index contributed by atoms with van der Waals surface area (Å²) in [4.78, 5) is 14.1. The molecule has 1 aliphatic heterocycles. The SMILES string of the molecule is O=C(Nc1ccccc1F)NC1CCN(Cc2ccc(F)c(F)c2)CC1. The largest absolute Gasteiger partial charge is 0.335 e. The topological polar surface area (TPSA) is 44.4 Å². The molecule has 26 heavy (non-hydrogen) atoms. The number of anilines is 1. The zero-order valence-corrected chi connectivity index (χ0v) is 14.1. The average Bonchev–Trinajstić information content (AvgIpc) is 2.62. The lowest BCUT2D eigenvalue weighted by Gasteiger charge is -2.32. The molecule has 3 rings (SSSR count). The van der Waals surface area contributed by atoms with Gasteiger partial charge in [0.05, 0.1) is 5.69 Å². The van der Waals surface area contributed by atoms with Crippen molar-refractivity contribution in [2.24, 2.45) is 0 Å². The number of nitrogens with zero attached hydrogens (tertiary/aromatic N) is 1. The Bertz CT molecular complexity index is 776. The Kier molecular flexibility index (Phi) is 5.78. The van der Waals surface area contributed by atoms with Gasteiger partial charge >= 0.3 is 6.03 Å². The van der Waals surface area contributed by atoms with Crippen LogP contribution in [0.4, 0.5) is 23.7 Å². The number of halogens is 3. The van der Waals surface area contributed by atoms with E-state index in [0.29, 0.717) is 12.1 Å². The molecule has 2 aromatic rings. The molecule has 138 valence electrons. The van der Waals surface area contributed by atoms with Crippen molar-refractivity contribution in [1.29, 1.82) is 0 Å². The summed E-state index contributed by atoms with van der Waals surface area (Å²) in [6.45, 7) is 1.98. The van der Waals surface area contributed by atoms with Gasteiger partial charge in [0.15, 0.2) is 11.6 Å². The first-order chi connectivity index (χ1) is 12.5. The number of hydrogen-bond donors (Lipinski definition) is 2. The summed E-state index contributed by atoms with van der Waals surface area (Å²) in [5.74, 6) is -2.18. The van der Waals surface area contributed by atoms with E-state index in [-0.39, 0.29) is 11.7 Å². The Balaban J connectivity index is 1.45. The number of likely N-dealkylation sites (tertiary alicyclic amines) is 1. The van der Waals surface area contributed by atoms with Crippen molar-refractivity contribution in [2.45, 2.75) is 25.4 Å². The summed E-state index contributed by atoms with van der Waals surface area (Å²) < 4.78 is 39.8. The van der Waals surface area contributed by atoms with Gasteiger partial charge < -0.3 is 10.6 Å². The lowest BCUT2D eigenvalue weighted by atomic mass is 10.0. The Morgan fingerprint density at radius 3 is 2.42 bits per heavy atom. The fourth-order valence-electron chi connectivity index (χ4n) is 3.04. The number of carbonyl (C=O) groups is 1. The Morgan fingerprint density at radius 1 is 1.00 bits per heavy atom. The van der Waals surface area contributed by atoms with Crippen molar-refractivity contribution in [3.05, 3.63) is 65.5 Å². The Hall–Kier alpha value is -2.54. The van der Waals surface area contributed by atoms with Gasteiger partial charge in [0.2, 0.25) is 0 Å². The molecule has 1 heterocycles. The highest BCUT2D eigenvalue weighted by Gasteiger charge is 2.21. The van der Waals surface area contributed by atoms with Gasteiger partial charge in [-0.2, -0.15) is 0 Å². The molecule has 0 unspecified atom stereocenters. The molecule has 2 aromatic carbocycles. The fraction of sp³-hybridized carbons (Fsp3) is 0.316. The highest BCUT2D eigenvalue weighted by molar-refractivity contribution is 5.89. The number of hydrogen-bond acceptors (Lipinski definition) is 2. The summed E-state index contributed by atoms with van der Waals surface area (Å²) in [6, 6.07) is 9.46. The lowest BCUT2D eigenvalue weighted by molar-refractivity contribution is 0.189. The van der Waals surface area contributed by atoms with Crippen LogP contribution in [0.5, 0.6) is 0 Å². The van der Waals surface area contributed by atoms with E-state index < -0.39 is 23.5 Å². The molecule has 1 fully saturated rings. The number of piperidine rings is 1. The Labute approximate surface area is 150 Å². The molecule has 0 aromatic heterocycles. The van der Waals surface area contributed by atoms with Crippen LogP contribution >= 0.6 is 0 Å². The van der Waals surface area contributed by atoms with Crippen molar-refractivity contribution >= 4 is 11.7 Å². The standard InChI is InChI=1S/C19H20F3N3O/c20-15-6-5-13(11-17(15)22)12-25-9-7-14(8-10-25)23-19(26)24-18-4-2-1-3-16(18)21/h1-6,11,14H,7-10,12H2,(H2,23,24,26). The van der Waals surface area contributed by atoms with Gasteiger partial charge in [0.25, 0.3) is 0 Å². The van der Waals surface area contributed by atoms with Crippen molar-refractivity contribution in [3.63, 3.8) is 0 Å². The first-order valence-corrected chi connectivity index (χ1v) is 8.49. The number of nitrogens with one attached hydrogen (secondary N) is 2. The molecule has 2 N–H and O–H groups in total. The van der Waals surface area contributed by atoms with Crippen molar-refractivity contribution in [2.75, 3.05) is 18.4 Å². The van der Waals surface area contributed by atoms with Crippen molar-refractivity contribution < 1.29 is 18.0 Å². The van der Waals surface area contributed by atoms with Crippen LogP contribution in [0.25, 0.3) is 0 Å². The van der Waals surface area contributed by atoms with Gasteiger partial charge in [0, 0.05) is 25.7 Å². The number of para-hydroxylation sites is 1. The second kappa shape index (κ2) is 8.23. The van der Waals surface area contributed by atoms with E-state index in [9.17, 15) is 18.0 Å². The van der Waals surface area contributed by atoms with Crippen LogP contribution in [0.3, 0.4) is 0 Å². The summed E-state index contributed by atoms with van der Waals surface area (Å²) in [5, 5.41) is 5.35. The quantitative estimate of drug-likeness (QED) is 0.866. The van der Waals surface area contributed by atoms with Gasteiger partial charge in [-0.1, -0.05) is 18.2 Å². The normalized spacial score (nSPS) is 15.7. The van der Waals surface area contributed by atoms with Gasteiger partial charge in [0.1, 0.15) is 5.82 Å². The molecule has 1 saturated heterocycles. The summed E-state index contributed by atoms with van der Waals surface area (Å²) in [7, 11) is 0. The fourth-order valence-corrected chi connectivity index (χ4v) is 3.04. The van der Waals surface area contributed by atoms with E-state index in [0.717, 1.165) is 32.0 Å². The molecule has 0 saturated carbocycles. The first-order valence-electron chi connectivity index (χ1n) is 8.49. The van der Waals surface area contributed by atoms with E-state index in [1.807, 2.05) is 0 Å². The zero-order chi connectivity index (χ0) is 18.5. The molecular formula is C19H20F3N3O. The number of urea groups is 1. The van der Waals surface area contributed by atoms with Crippen LogP contribution in [0, 0.1) is 17.5 Å². The zero-order valence-electron chi connectivity index (χ0n) is 14.1. The summed E-state index contributed by atoms with van der Waals surface area (Å²) >= 11 is 0. The molecule has 0 atom stereocenters. The van der Waals surface area contributed by atoms with E-state index in [1.165, 1.54) is 18.2 Å². The summed E-state index contributed by atoms with van der Waals surface area (Å²) in [6.07, 6.45) is 1.46. The second-order valence-electron chi connectivity index (χ2n) is 6.38. The molecule has 4 nitrogen and oxygen atoms in total. The average molecular weight is 363 g/mol. The minimum atomic E-state index is -0.850. The molecule has 1 aliphatic rings. The molecular weight excluding hydrogens is 343 g/mol. The van der Waals surface area contributed by atoms with Crippen LogP contribution < -0.4 is 10.6 Å². The number of amides is 2. The molecule has 0 bridgehead atoms. The highest BCUT2D eigenvalue weighted by atomic mass is 19.2. The van der Waals surface area contributed by atoms with Gasteiger partial charge in [-0.05, 0) is 42.7 Å². The third-order valence-corrected chi connectivity index (χ3v) is 4.44. The number of carbonyl (C=O) groups excluding carboxylic acids is 1. The lowest BCUT2D eigenvalue weighted by Crippen LogP contribution is -2.45. The van der Waals surface area contributed by atoms with Gasteiger partial charge in [-0.3, -0.25) is 4.90 Å². The molecule has 0 spiro atoms. The maximum Gasteiger partial charge on any atom is 0.319 e. The Morgan fingerprint density at radius 2 is 1.73 bits per heavy atom. The van der Waals surface area contributed by atoms with Crippen LogP contribution in [-0.2, 0) is 6.54 Å². The minimum absolute atomic E-state index is 0.0111. The van der Waals surface area contributed by atoms with E-state index >= 15 is 0 Å². The molecule has 0 radical (unpaired) electrons. The number of benzene rings is 2. The second-order valence-corrected chi connectivity index (χ2v) is 6.38. The summed E-state index contributed by atoms with van der Waals surface area (Å²) in [5.41, 5.74) is 0.855. The number of rotatable bonds is 4. The van der Waals surface area contributed by atoms with Crippen molar-refractivity contribution in [1.82, 2.24) is 10.2 Å². The third-order valence-electron chi connectivity index (χ3n) is 4.44. The van der Waals surface area contributed by atoms with E-state index in [1.54, 1.807) is 18.2 Å². The predicted molar refractivity (Wildman–Crippen MR) is 93.2 cm³/mol. The third kappa shape index (κ3) is 4.76. The maximum atomic E-state index is 13.5. The van der Waals surface area contributed by atoms with Gasteiger partial charge in [-0.15, -0.1) is 0 Å². The van der Waals surface area contributed by atoms with Crippen LogP contribution in [0.2, 0.25) is 0 Å². The van der Waals surface area contributed by atoms with Crippen molar-refractivity contribution in [3.8, 4) is 0 Å². The van der Waals surface area contributed by atoms with Crippen LogP contribution in [-0.4, -0.2) is 30.1 Å². The van der Waals surface area contributed by atoms with E-state index in [2.05, 4.69) is 15.5 Å². The molecule has 0 aliphatic carbocycles. The first kappa shape index (κ1) is 18.3. The highest BCUT2D eigenvalue weighted by Crippen LogP contribution is 2.17. The minimum Gasteiger partial charge on any atom is -0.335 e. The van der Waals surface area contributed by atoms with Gasteiger partial charge in [-0.25, -0.2) is 18.0 Å². The predicted octanol–water partition coefficient (Wildman–Crippen LogP) is 3.89. The van der Waals surface area contributed by atoms with E-state index in [4.69, 9.17) is 0 Å². The van der Waals surface area contributed by atoms with Crippen LogP contribution in [0.1, 0.15) is 18.4 Å². The van der Waals surface area contributed by atoms with Crippen LogP contribution in [0.15, 0.2) is 42.5 Å². The monoisotopic (exact) mass is 363 g/mol.